The zero-order valence-corrected chi connectivity index (χ0v) is 9.56. The molecule has 0 heterocycles. The molecular formula is C12H19ClN-. The fraction of sp³-hybridized carbons (Fsp3) is 0.500. The predicted octanol–water partition coefficient (Wildman–Crippen LogP) is -0.118. The molecule has 2 heteroatoms. The summed E-state index contributed by atoms with van der Waals surface area (Å²) < 4.78 is 0. The number of hydrogen-bond donors (Lipinski definition) is 1. The Labute approximate surface area is 93.1 Å². The van der Waals surface area contributed by atoms with E-state index in [1.165, 1.54) is 36.8 Å². The number of benzene rings is 1. The molecule has 0 aliphatic carbocycles. The van der Waals surface area contributed by atoms with Crippen LogP contribution in [0.15, 0.2) is 24.3 Å². The molecule has 0 aliphatic rings. The fourth-order valence-corrected chi connectivity index (χ4v) is 1.42. The van der Waals surface area contributed by atoms with Crippen LogP contribution in [0.25, 0.3) is 0 Å². The first-order chi connectivity index (χ1) is 6.36. The minimum absolute atomic E-state index is 0. The van der Waals surface area contributed by atoms with Crippen LogP contribution in [-0.4, -0.2) is 0 Å². The number of hydrogen-bond acceptors (Lipinski definition) is 1. The Morgan fingerprint density at radius 3 is 2.07 bits per heavy atom. The first-order valence-electron chi connectivity index (χ1n) is 5.14. The number of aryl methyl sites for hydroxylation is 1. The zero-order chi connectivity index (χ0) is 9.52. The highest BCUT2D eigenvalue weighted by atomic mass is 35.5. The van der Waals surface area contributed by atoms with Crippen molar-refractivity contribution in [2.24, 2.45) is 5.73 Å². The molecule has 0 bridgehead atoms. The van der Waals surface area contributed by atoms with Gasteiger partial charge in [0.2, 0.25) is 0 Å². The van der Waals surface area contributed by atoms with Crippen LogP contribution in [0.1, 0.15) is 37.3 Å². The molecule has 1 aromatic rings. The van der Waals surface area contributed by atoms with Crippen molar-refractivity contribution >= 4 is 0 Å². The van der Waals surface area contributed by atoms with Gasteiger partial charge in [0, 0.05) is 6.54 Å². The third-order valence-electron chi connectivity index (χ3n) is 2.33. The van der Waals surface area contributed by atoms with Gasteiger partial charge in [-0.3, -0.25) is 0 Å². The smallest absolute Gasteiger partial charge is 0.0178 e. The van der Waals surface area contributed by atoms with Crippen LogP contribution in [0.5, 0.6) is 0 Å². The molecule has 0 aliphatic heterocycles. The number of halogens is 1. The molecular weight excluding hydrogens is 194 g/mol. The van der Waals surface area contributed by atoms with E-state index in [1.54, 1.807) is 0 Å². The monoisotopic (exact) mass is 212 g/mol. The van der Waals surface area contributed by atoms with Gasteiger partial charge in [-0.15, -0.1) is 0 Å². The molecule has 0 fully saturated rings. The van der Waals surface area contributed by atoms with Gasteiger partial charge in [-0.25, -0.2) is 0 Å². The average Bonchev–Trinajstić information content (AvgIpc) is 2.19. The lowest BCUT2D eigenvalue weighted by molar-refractivity contribution is -0.00000288. The third-order valence-corrected chi connectivity index (χ3v) is 2.33. The fourth-order valence-electron chi connectivity index (χ4n) is 1.42. The lowest BCUT2D eigenvalue weighted by atomic mass is 10.1. The van der Waals surface area contributed by atoms with Gasteiger partial charge in [-0.1, -0.05) is 44.0 Å². The third kappa shape index (κ3) is 4.64. The highest BCUT2D eigenvalue weighted by Gasteiger charge is 1.93. The van der Waals surface area contributed by atoms with Crippen LogP contribution in [0, 0.1) is 0 Å². The second-order valence-electron chi connectivity index (χ2n) is 3.48. The van der Waals surface area contributed by atoms with E-state index in [1.807, 2.05) is 0 Å². The number of unbranched alkanes of at least 4 members (excludes halogenated alkanes) is 2. The van der Waals surface area contributed by atoms with Crippen LogP contribution in [0.2, 0.25) is 0 Å². The van der Waals surface area contributed by atoms with Crippen molar-refractivity contribution in [3.63, 3.8) is 0 Å². The summed E-state index contributed by atoms with van der Waals surface area (Å²) in [5, 5.41) is 0. The Morgan fingerprint density at radius 1 is 1.00 bits per heavy atom. The van der Waals surface area contributed by atoms with E-state index in [9.17, 15) is 0 Å². The van der Waals surface area contributed by atoms with E-state index < -0.39 is 0 Å². The van der Waals surface area contributed by atoms with Gasteiger partial charge in [0.1, 0.15) is 0 Å². The zero-order valence-electron chi connectivity index (χ0n) is 8.80. The van der Waals surface area contributed by atoms with Crippen molar-refractivity contribution < 1.29 is 12.4 Å². The van der Waals surface area contributed by atoms with Gasteiger partial charge in [0.05, 0.1) is 0 Å². The summed E-state index contributed by atoms with van der Waals surface area (Å²) in [5.74, 6) is 0. The van der Waals surface area contributed by atoms with Crippen LogP contribution < -0.4 is 18.1 Å². The maximum atomic E-state index is 5.52. The van der Waals surface area contributed by atoms with Crippen molar-refractivity contribution in [1.29, 1.82) is 0 Å². The molecule has 0 saturated heterocycles. The molecule has 80 valence electrons. The second-order valence-corrected chi connectivity index (χ2v) is 3.48. The topological polar surface area (TPSA) is 26.0 Å². The Kier molecular flexibility index (Phi) is 7.54. The molecule has 0 atom stereocenters. The summed E-state index contributed by atoms with van der Waals surface area (Å²) in [7, 11) is 0. The van der Waals surface area contributed by atoms with Crippen molar-refractivity contribution in [3.8, 4) is 0 Å². The Morgan fingerprint density at radius 2 is 1.57 bits per heavy atom. The first kappa shape index (κ1) is 13.5. The van der Waals surface area contributed by atoms with Crippen LogP contribution >= 0.6 is 0 Å². The molecule has 0 unspecified atom stereocenters. The van der Waals surface area contributed by atoms with Gasteiger partial charge in [0.25, 0.3) is 0 Å². The van der Waals surface area contributed by atoms with E-state index >= 15 is 0 Å². The van der Waals surface area contributed by atoms with E-state index in [4.69, 9.17) is 5.73 Å². The second kappa shape index (κ2) is 7.84. The Bertz CT molecular complexity index is 231. The molecule has 1 aromatic carbocycles. The SMILES string of the molecule is CCCCCc1ccc(CN)cc1.[Cl-]. The summed E-state index contributed by atoms with van der Waals surface area (Å²) in [6, 6.07) is 8.64. The maximum Gasteiger partial charge on any atom is 0.0178 e. The van der Waals surface area contributed by atoms with Crippen molar-refractivity contribution in [2.75, 3.05) is 0 Å². The summed E-state index contributed by atoms with van der Waals surface area (Å²) >= 11 is 0. The quantitative estimate of drug-likeness (QED) is 0.677. The molecule has 2 N–H and O–H groups in total. The van der Waals surface area contributed by atoms with Crippen LogP contribution in [0.3, 0.4) is 0 Å². The first-order valence-corrected chi connectivity index (χ1v) is 5.14. The highest BCUT2D eigenvalue weighted by Crippen LogP contribution is 2.08. The van der Waals surface area contributed by atoms with Crippen LogP contribution in [0.4, 0.5) is 0 Å². The Balaban J connectivity index is 0.00000169. The van der Waals surface area contributed by atoms with Crippen molar-refractivity contribution in [1.82, 2.24) is 0 Å². The molecule has 14 heavy (non-hydrogen) atoms. The molecule has 1 nitrogen and oxygen atoms in total. The van der Waals surface area contributed by atoms with E-state index in [2.05, 4.69) is 31.2 Å². The lowest BCUT2D eigenvalue weighted by Crippen LogP contribution is -3.00. The van der Waals surface area contributed by atoms with E-state index in [-0.39, 0.29) is 12.4 Å². The highest BCUT2D eigenvalue weighted by molar-refractivity contribution is 5.22. The maximum absolute atomic E-state index is 5.52. The van der Waals surface area contributed by atoms with Gasteiger partial charge < -0.3 is 18.1 Å². The molecule has 0 spiro atoms. The van der Waals surface area contributed by atoms with Gasteiger partial charge in [0.15, 0.2) is 0 Å². The summed E-state index contributed by atoms with van der Waals surface area (Å²) in [6.45, 7) is 2.88. The summed E-state index contributed by atoms with van der Waals surface area (Å²) in [5.41, 5.74) is 8.18. The van der Waals surface area contributed by atoms with Crippen molar-refractivity contribution in [2.45, 2.75) is 39.2 Å². The van der Waals surface area contributed by atoms with E-state index in [0.29, 0.717) is 6.54 Å². The molecule has 1 rings (SSSR count). The molecule has 0 radical (unpaired) electrons. The van der Waals surface area contributed by atoms with Crippen molar-refractivity contribution in [3.05, 3.63) is 35.4 Å². The summed E-state index contributed by atoms with van der Waals surface area (Å²) in [4.78, 5) is 0. The Hall–Kier alpha value is -0.530. The summed E-state index contributed by atoms with van der Waals surface area (Å²) in [6.07, 6.45) is 5.14. The predicted molar refractivity (Wildman–Crippen MR) is 57.6 cm³/mol. The minimum atomic E-state index is 0. The van der Waals surface area contributed by atoms with E-state index in [0.717, 1.165) is 0 Å². The molecule has 0 amide bonds. The van der Waals surface area contributed by atoms with Gasteiger partial charge >= 0.3 is 0 Å². The normalized spacial score (nSPS) is 9.57. The molecule has 0 aromatic heterocycles. The molecule has 0 saturated carbocycles. The standard InChI is InChI=1S/C12H19N.ClH/c1-2-3-4-5-11-6-8-12(10-13)9-7-11;/h6-9H,2-5,10,13H2,1H3;1H/p-1. The van der Waals surface area contributed by atoms with Gasteiger partial charge in [-0.2, -0.15) is 0 Å². The van der Waals surface area contributed by atoms with Gasteiger partial charge in [-0.05, 0) is 24.0 Å². The number of nitrogens with two attached hydrogens (primary N) is 1. The van der Waals surface area contributed by atoms with Crippen LogP contribution in [-0.2, 0) is 13.0 Å². The number of rotatable bonds is 5. The average molecular weight is 213 g/mol. The lowest BCUT2D eigenvalue weighted by Gasteiger charge is -2.01. The minimum Gasteiger partial charge on any atom is -1.00 e. The largest absolute Gasteiger partial charge is 1.00 e.